The van der Waals surface area contributed by atoms with Crippen molar-refractivity contribution in [3.63, 3.8) is 0 Å². The Labute approximate surface area is 131 Å². The first-order valence-corrected chi connectivity index (χ1v) is 8.56. The zero-order valence-electron chi connectivity index (χ0n) is 14.3. The number of rotatable bonds is 10. The summed E-state index contributed by atoms with van der Waals surface area (Å²) in [6, 6.07) is 8.66. The van der Waals surface area contributed by atoms with Gasteiger partial charge in [0, 0.05) is 6.04 Å². The molecule has 0 saturated carbocycles. The van der Waals surface area contributed by atoms with Crippen molar-refractivity contribution in [1.29, 1.82) is 0 Å². The highest BCUT2D eigenvalue weighted by Crippen LogP contribution is 2.25. The Balaban J connectivity index is 2.68. The van der Waals surface area contributed by atoms with Gasteiger partial charge in [0.15, 0.2) is 0 Å². The minimum Gasteiger partial charge on any atom is -0.372 e. The molecule has 2 nitrogen and oxygen atoms in total. The number of nitrogens with two attached hydrogens (primary N) is 1. The zero-order valence-corrected chi connectivity index (χ0v) is 14.3. The van der Waals surface area contributed by atoms with Crippen LogP contribution in [0.2, 0.25) is 0 Å². The molecule has 0 saturated heterocycles. The first kappa shape index (κ1) is 18.2. The van der Waals surface area contributed by atoms with E-state index < -0.39 is 0 Å². The molecule has 0 heterocycles. The minimum atomic E-state index is 0.0197. The smallest absolute Gasteiger partial charge is 0.0975 e. The van der Waals surface area contributed by atoms with Crippen LogP contribution in [0.3, 0.4) is 0 Å². The molecule has 1 aromatic rings. The van der Waals surface area contributed by atoms with Gasteiger partial charge in [0.2, 0.25) is 0 Å². The normalized spacial score (nSPS) is 15.7. The van der Waals surface area contributed by atoms with Crippen LogP contribution in [0.4, 0.5) is 0 Å². The summed E-state index contributed by atoms with van der Waals surface area (Å²) in [6.45, 7) is 9.56. The fourth-order valence-electron chi connectivity index (χ4n) is 2.58. The van der Waals surface area contributed by atoms with Gasteiger partial charge in [0.25, 0.3) is 0 Å². The molecule has 0 aliphatic heterocycles. The van der Waals surface area contributed by atoms with Crippen LogP contribution >= 0.6 is 0 Å². The molecule has 2 N–H and O–H groups in total. The number of unbranched alkanes of at least 4 members (excludes halogenated alkanes) is 1. The maximum absolute atomic E-state index is 6.29. The van der Waals surface area contributed by atoms with Crippen LogP contribution < -0.4 is 5.73 Å². The first-order valence-electron chi connectivity index (χ1n) is 8.56. The van der Waals surface area contributed by atoms with Gasteiger partial charge in [0.05, 0.1) is 12.7 Å². The van der Waals surface area contributed by atoms with E-state index in [4.69, 9.17) is 10.5 Å². The molecular formula is C19H33NO. The van der Waals surface area contributed by atoms with Gasteiger partial charge in [0.1, 0.15) is 0 Å². The molecule has 0 aliphatic rings. The second-order valence-corrected chi connectivity index (χ2v) is 6.15. The average Bonchev–Trinajstić information content (AvgIpc) is 2.51. The predicted octanol–water partition coefficient (Wildman–Crippen LogP) is 5.01. The van der Waals surface area contributed by atoms with Crippen molar-refractivity contribution in [1.82, 2.24) is 0 Å². The molecule has 1 aromatic carbocycles. The van der Waals surface area contributed by atoms with E-state index in [1.54, 1.807) is 0 Å². The third-order valence-electron chi connectivity index (χ3n) is 4.32. The molecule has 3 unspecified atom stereocenters. The van der Waals surface area contributed by atoms with E-state index in [0.29, 0.717) is 5.92 Å². The second kappa shape index (κ2) is 9.97. The number of hydrogen-bond acceptors (Lipinski definition) is 2. The molecule has 1 rings (SSSR count). The Morgan fingerprint density at radius 3 is 2.24 bits per heavy atom. The van der Waals surface area contributed by atoms with Gasteiger partial charge in [-0.2, -0.15) is 0 Å². The Morgan fingerprint density at radius 2 is 1.71 bits per heavy atom. The Hall–Kier alpha value is -0.860. The zero-order chi connectivity index (χ0) is 15.7. The van der Waals surface area contributed by atoms with Crippen molar-refractivity contribution in [2.45, 2.75) is 71.9 Å². The third kappa shape index (κ3) is 6.19. The number of aryl methyl sites for hydroxylation is 1. The molecule has 0 radical (unpaired) electrons. The maximum atomic E-state index is 6.29. The van der Waals surface area contributed by atoms with Gasteiger partial charge < -0.3 is 10.5 Å². The van der Waals surface area contributed by atoms with Crippen LogP contribution in [0, 0.1) is 12.8 Å². The molecule has 0 amide bonds. The summed E-state index contributed by atoms with van der Waals surface area (Å²) in [5, 5.41) is 0. The van der Waals surface area contributed by atoms with Crippen LogP contribution in [0.5, 0.6) is 0 Å². The molecule has 0 fully saturated rings. The van der Waals surface area contributed by atoms with Crippen LogP contribution in [0.25, 0.3) is 0 Å². The topological polar surface area (TPSA) is 35.2 Å². The highest BCUT2D eigenvalue weighted by atomic mass is 16.5. The summed E-state index contributed by atoms with van der Waals surface area (Å²) < 4.78 is 6.25. The standard InChI is InChI=1S/C19H33NO/c1-5-8-9-16(6-2)14-21-19(18(20)7-3)17-12-10-15(4)11-13-17/h10-13,16,18-19H,5-9,14,20H2,1-4H3. The molecule has 3 atom stereocenters. The van der Waals surface area contributed by atoms with Crippen molar-refractivity contribution in [2.75, 3.05) is 6.61 Å². The van der Waals surface area contributed by atoms with E-state index in [9.17, 15) is 0 Å². The molecule has 120 valence electrons. The van der Waals surface area contributed by atoms with E-state index in [0.717, 1.165) is 13.0 Å². The Kier molecular flexibility index (Phi) is 8.63. The van der Waals surface area contributed by atoms with Gasteiger partial charge in [-0.1, -0.05) is 69.9 Å². The third-order valence-corrected chi connectivity index (χ3v) is 4.32. The SMILES string of the molecule is CCCCC(CC)COC(c1ccc(C)cc1)C(N)CC. The summed E-state index contributed by atoms with van der Waals surface area (Å²) in [4.78, 5) is 0. The quantitative estimate of drug-likeness (QED) is 0.658. The Morgan fingerprint density at radius 1 is 1.05 bits per heavy atom. The molecule has 0 aliphatic carbocycles. The largest absolute Gasteiger partial charge is 0.372 e. The maximum Gasteiger partial charge on any atom is 0.0975 e. The average molecular weight is 291 g/mol. The van der Waals surface area contributed by atoms with Crippen molar-refractivity contribution in [3.05, 3.63) is 35.4 Å². The first-order chi connectivity index (χ1) is 10.1. The van der Waals surface area contributed by atoms with Crippen molar-refractivity contribution in [2.24, 2.45) is 11.7 Å². The van der Waals surface area contributed by atoms with Crippen LogP contribution in [0.1, 0.15) is 70.1 Å². The number of benzene rings is 1. The lowest BCUT2D eigenvalue weighted by atomic mass is 9.98. The van der Waals surface area contributed by atoms with Gasteiger partial charge >= 0.3 is 0 Å². The predicted molar refractivity (Wildman–Crippen MR) is 91.4 cm³/mol. The Bertz CT molecular complexity index is 374. The number of ether oxygens (including phenoxy) is 1. The summed E-state index contributed by atoms with van der Waals surface area (Å²) >= 11 is 0. The lowest BCUT2D eigenvalue weighted by Crippen LogP contribution is -2.30. The summed E-state index contributed by atoms with van der Waals surface area (Å²) in [7, 11) is 0. The molecule has 0 bridgehead atoms. The summed E-state index contributed by atoms with van der Waals surface area (Å²) in [5.74, 6) is 0.655. The van der Waals surface area contributed by atoms with Crippen molar-refractivity contribution in [3.8, 4) is 0 Å². The van der Waals surface area contributed by atoms with Crippen molar-refractivity contribution >= 4 is 0 Å². The molecular weight excluding hydrogens is 258 g/mol. The van der Waals surface area contributed by atoms with E-state index in [1.807, 2.05) is 0 Å². The molecule has 2 heteroatoms. The van der Waals surface area contributed by atoms with Crippen LogP contribution in [0.15, 0.2) is 24.3 Å². The van der Waals surface area contributed by atoms with Crippen LogP contribution in [-0.2, 0) is 4.74 Å². The van der Waals surface area contributed by atoms with E-state index in [-0.39, 0.29) is 12.1 Å². The monoisotopic (exact) mass is 291 g/mol. The fourth-order valence-corrected chi connectivity index (χ4v) is 2.58. The van der Waals surface area contributed by atoms with Gasteiger partial charge in [-0.25, -0.2) is 0 Å². The van der Waals surface area contributed by atoms with Gasteiger partial charge in [-0.15, -0.1) is 0 Å². The molecule has 0 aromatic heterocycles. The molecule has 21 heavy (non-hydrogen) atoms. The summed E-state index contributed by atoms with van der Waals surface area (Å²) in [5.41, 5.74) is 8.77. The fraction of sp³-hybridized carbons (Fsp3) is 0.684. The lowest BCUT2D eigenvalue weighted by molar-refractivity contribution is 0.00872. The van der Waals surface area contributed by atoms with Crippen molar-refractivity contribution < 1.29 is 4.74 Å². The highest BCUT2D eigenvalue weighted by Gasteiger charge is 2.20. The lowest BCUT2D eigenvalue weighted by Gasteiger charge is -2.26. The van der Waals surface area contributed by atoms with E-state index >= 15 is 0 Å². The second-order valence-electron chi connectivity index (χ2n) is 6.15. The van der Waals surface area contributed by atoms with E-state index in [2.05, 4.69) is 52.0 Å². The minimum absolute atomic E-state index is 0.0197. The molecule has 0 spiro atoms. The van der Waals surface area contributed by atoms with Crippen LogP contribution in [-0.4, -0.2) is 12.6 Å². The highest BCUT2D eigenvalue weighted by molar-refractivity contribution is 5.24. The van der Waals surface area contributed by atoms with Gasteiger partial charge in [-0.3, -0.25) is 0 Å². The number of hydrogen-bond donors (Lipinski definition) is 1. The van der Waals surface area contributed by atoms with E-state index in [1.165, 1.54) is 36.8 Å². The van der Waals surface area contributed by atoms with Gasteiger partial charge in [-0.05, 0) is 31.2 Å². The summed E-state index contributed by atoms with van der Waals surface area (Å²) in [6.07, 6.45) is 5.94.